The third-order valence-corrected chi connectivity index (χ3v) is 5.38. The Kier molecular flexibility index (Phi) is 7.16. The van der Waals surface area contributed by atoms with Gasteiger partial charge in [-0.2, -0.15) is 0 Å². The van der Waals surface area contributed by atoms with E-state index in [1.54, 1.807) is 37.3 Å². The molecule has 3 N–H and O–H groups in total. The molecule has 2 aromatic carbocycles. The van der Waals surface area contributed by atoms with Gasteiger partial charge in [0.2, 0.25) is 0 Å². The number of amides is 1. The van der Waals surface area contributed by atoms with Gasteiger partial charge in [-0.25, -0.2) is 9.79 Å². The van der Waals surface area contributed by atoms with E-state index in [0.717, 1.165) is 17.8 Å². The first-order valence-electron chi connectivity index (χ1n) is 9.59. The van der Waals surface area contributed by atoms with Crippen LogP contribution in [-0.2, 0) is 9.59 Å². The van der Waals surface area contributed by atoms with Crippen molar-refractivity contribution in [3.05, 3.63) is 58.5 Å². The number of carbonyl (C=O) groups is 3. The summed E-state index contributed by atoms with van der Waals surface area (Å²) in [6.45, 7) is 2.14. The SMILES string of the molecule is CCN1C(=O)/C(=C/c2cccc(OCCC(=O)O)c2)SC1=Nc1ccc(O)cc1C(=O)O. The number of hydrogen-bond donors (Lipinski definition) is 3. The fraction of sp³-hybridized carbons (Fsp3) is 0.182. The Morgan fingerprint density at radius 3 is 2.66 bits per heavy atom. The molecule has 0 radical (unpaired) electrons. The van der Waals surface area contributed by atoms with Crippen molar-refractivity contribution in [2.45, 2.75) is 13.3 Å². The number of carboxylic acids is 2. The number of ether oxygens (including phenoxy) is 1. The van der Waals surface area contributed by atoms with Crippen LogP contribution in [0, 0.1) is 0 Å². The van der Waals surface area contributed by atoms with Gasteiger partial charge < -0.3 is 20.1 Å². The molecule has 0 aromatic heterocycles. The van der Waals surface area contributed by atoms with Crippen LogP contribution in [0.25, 0.3) is 6.08 Å². The Bertz CT molecular complexity index is 1130. The number of benzene rings is 2. The topological polar surface area (TPSA) is 137 Å². The van der Waals surface area contributed by atoms with Crippen LogP contribution in [0.15, 0.2) is 52.4 Å². The molecule has 9 nitrogen and oxygen atoms in total. The van der Waals surface area contributed by atoms with E-state index in [9.17, 15) is 24.6 Å². The van der Waals surface area contributed by atoms with Crippen molar-refractivity contribution < 1.29 is 34.4 Å². The molecule has 32 heavy (non-hydrogen) atoms. The van der Waals surface area contributed by atoms with Crippen molar-refractivity contribution in [3.8, 4) is 11.5 Å². The molecule has 1 saturated heterocycles. The van der Waals surface area contributed by atoms with E-state index in [-0.39, 0.29) is 35.9 Å². The summed E-state index contributed by atoms with van der Waals surface area (Å²) >= 11 is 1.11. The number of hydrogen-bond acceptors (Lipinski definition) is 7. The molecular formula is C22H20N2O7S. The molecule has 10 heteroatoms. The number of nitrogens with zero attached hydrogens (tertiary/aromatic N) is 2. The van der Waals surface area contributed by atoms with E-state index in [0.29, 0.717) is 27.9 Å². The summed E-state index contributed by atoms with van der Waals surface area (Å²) in [6.07, 6.45) is 1.54. The van der Waals surface area contributed by atoms with Crippen LogP contribution >= 0.6 is 11.8 Å². The highest BCUT2D eigenvalue weighted by molar-refractivity contribution is 8.18. The lowest BCUT2D eigenvalue weighted by Gasteiger charge is -2.12. The van der Waals surface area contributed by atoms with Crippen molar-refractivity contribution in [2.75, 3.05) is 13.2 Å². The predicted molar refractivity (Wildman–Crippen MR) is 119 cm³/mol. The molecule has 166 valence electrons. The van der Waals surface area contributed by atoms with E-state index in [2.05, 4.69) is 4.99 Å². The second kappa shape index (κ2) is 10.0. The Morgan fingerprint density at radius 2 is 1.97 bits per heavy atom. The fourth-order valence-corrected chi connectivity index (χ4v) is 3.92. The number of phenols is 1. The summed E-state index contributed by atoms with van der Waals surface area (Å²) < 4.78 is 5.42. The molecule has 2 aromatic rings. The summed E-state index contributed by atoms with van der Waals surface area (Å²) in [4.78, 5) is 41.2. The van der Waals surface area contributed by atoms with Gasteiger partial charge >= 0.3 is 11.9 Å². The monoisotopic (exact) mass is 456 g/mol. The standard InChI is InChI=1S/C22H20N2O7S/c1-2-24-20(28)18(11-13-4-3-5-15(10-13)31-9-8-19(26)27)32-22(24)23-17-7-6-14(25)12-16(17)21(29)30/h3-7,10-12,25H,2,8-9H2,1H3,(H,26,27)(H,29,30)/b18-11-,23-22?. The van der Waals surface area contributed by atoms with Crippen LogP contribution in [0.2, 0.25) is 0 Å². The molecule has 3 rings (SSSR count). The van der Waals surface area contributed by atoms with E-state index in [1.165, 1.54) is 17.0 Å². The Morgan fingerprint density at radius 1 is 1.19 bits per heavy atom. The number of phenolic OH excluding ortho intramolecular Hbond substituents is 1. The summed E-state index contributed by atoms with van der Waals surface area (Å²) in [6, 6.07) is 10.7. The lowest BCUT2D eigenvalue weighted by atomic mass is 10.2. The summed E-state index contributed by atoms with van der Waals surface area (Å²) in [5.41, 5.74) is 0.631. The van der Waals surface area contributed by atoms with E-state index >= 15 is 0 Å². The molecule has 1 amide bonds. The molecule has 0 spiro atoms. The summed E-state index contributed by atoms with van der Waals surface area (Å²) in [5, 5.41) is 28.0. The highest BCUT2D eigenvalue weighted by Crippen LogP contribution is 2.35. The normalized spacial score (nSPS) is 16.0. The third kappa shape index (κ3) is 5.46. The molecule has 0 saturated carbocycles. The maximum atomic E-state index is 12.8. The second-order valence-electron chi connectivity index (χ2n) is 6.63. The first-order chi connectivity index (χ1) is 15.3. The second-order valence-corrected chi connectivity index (χ2v) is 7.63. The quantitative estimate of drug-likeness (QED) is 0.513. The number of carbonyl (C=O) groups excluding carboxylic acids is 1. The van der Waals surface area contributed by atoms with Gasteiger partial charge in [-0.05, 0) is 60.7 Å². The molecule has 1 aliphatic rings. The smallest absolute Gasteiger partial charge is 0.338 e. The molecule has 1 heterocycles. The van der Waals surface area contributed by atoms with E-state index < -0.39 is 11.9 Å². The maximum Gasteiger partial charge on any atom is 0.338 e. The lowest BCUT2D eigenvalue weighted by molar-refractivity contribution is -0.137. The molecule has 0 bridgehead atoms. The first-order valence-corrected chi connectivity index (χ1v) is 10.4. The van der Waals surface area contributed by atoms with E-state index in [1.807, 2.05) is 0 Å². The van der Waals surface area contributed by atoms with Crippen LogP contribution in [0.1, 0.15) is 29.3 Å². The zero-order chi connectivity index (χ0) is 23.3. The number of aromatic carboxylic acids is 1. The maximum absolute atomic E-state index is 12.8. The van der Waals surface area contributed by atoms with Crippen LogP contribution in [-0.4, -0.2) is 56.4 Å². The minimum atomic E-state index is -1.24. The van der Waals surface area contributed by atoms with Crippen molar-refractivity contribution in [3.63, 3.8) is 0 Å². The van der Waals surface area contributed by atoms with Gasteiger partial charge in [0, 0.05) is 6.54 Å². The average Bonchev–Trinajstić information content (AvgIpc) is 3.03. The van der Waals surface area contributed by atoms with Gasteiger partial charge in [-0.1, -0.05) is 12.1 Å². The fourth-order valence-electron chi connectivity index (χ4n) is 2.87. The largest absolute Gasteiger partial charge is 0.508 e. The number of likely N-dealkylation sites (N-methyl/N-ethyl adjacent to an activating group) is 1. The van der Waals surface area contributed by atoms with Crippen molar-refractivity contribution in [1.29, 1.82) is 0 Å². The molecular weight excluding hydrogens is 436 g/mol. The summed E-state index contributed by atoms with van der Waals surface area (Å²) in [7, 11) is 0. The number of aliphatic carboxylic acids is 1. The molecule has 1 fully saturated rings. The van der Waals surface area contributed by atoms with Gasteiger partial charge in [0.1, 0.15) is 11.5 Å². The van der Waals surface area contributed by atoms with Crippen LogP contribution in [0.5, 0.6) is 11.5 Å². The van der Waals surface area contributed by atoms with Gasteiger partial charge in [0.05, 0.1) is 29.2 Å². The van der Waals surface area contributed by atoms with E-state index in [4.69, 9.17) is 9.84 Å². The van der Waals surface area contributed by atoms with Gasteiger partial charge in [0.15, 0.2) is 5.17 Å². The minimum absolute atomic E-state index is 0.0298. The van der Waals surface area contributed by atoms with Crippen molar-refractivity contribution >= 4 is 46.5 Å². The molecule has 0 atom stereocenters. The molecule has 0 unspecified atom stereocenters. The number of aliphatic imine (C=N–C) groups is 1. The number of thioether (sulfide) groups is 1. The van der Waals surface area contributed by atoms with Crippen molar-refractivity contribution in [2.24, 2.45) is 4.99 Å². The summed E-state index contributed by atoms with van der Waals surface area (Å²) in [5.74, 6) is -2.19. The van der Waals surface area contributed by atoms with Crippen LogP contribution in [0.3, 0.4) is 0 Å². The third-order valence-electron chi connectivity index (χ3n) is 4.37. The Balaban J connectivity index is 1.88. The lowest BCUT2D eigenvalue weighted by Crippen LogP contribution is -2.28. The van der Waals surface area contributed by atoms with Gasteiger partial charge in [-0.15, -0.1) is 0 Å². The predicted octanol–water partition coefficient (Wildman–Crippen LogP) is 3.57. The zero-order valence-corrected chi connectivity index (χ0v) is 17.8. The Labute approximate surface area is 187 Å². The number of aromatic hydroxyl groups is 1. The highest BCUT2D eigenvalue weighted by atomic mass is 32.2. The van der Waals surface area contributed by atoms with Gasteiger partial charge in [-0.3, -0.25) is 14.5 Å². The Hall–Kier alpha value is -3.79. The van der Waals surface area contributed by atoms with Crippen molar-refractivity contribution in [1.82, 2.24) is 4.90 Å². The van der Waals surface area contributed by atoms with Gasteiger partial charge in [0.25, 0.3) is 5.91 Å². The number of rotatable bonds is 8. The number of amidine groups is 1. The highest BCUT2D eigenvalue weighted by Gasteiger charge is 2.32. The van der Waals surface area contributed by atoms with Crippen LogP contribution in [0.4, 0.5) is 5.69 Å². The molecule has 1 aliphatic heterocycles. The molecule has 0 aliphatic carbocycles. The average molecular weight is 456 g/mol. The first kappa shape index (κ1) is 22.9. The zero-order valence-electron chi connectivity index (χ0n) is 17.0. The minimum Gasteiger partial charge on any atom is -0.508 e. The van der Waals surface area contributed by atoms with Crippen LogP contribution < -0.4 is 4.74 Å². The number of carboxylic acid groups (broad SMARTS) is 2.